The molecule has 0 aromatic heterocycles. The van der Waals surface area contributed by atoms with E-state index in [-0.39, 0.29) is 5.91 Å². The SMILES string of the molecule is O=C(Nc1ccc(Oc2ccc(Cl)cc2)cc1)c1ccc(Cl)cc1Cl. The lowest BCUT2D eigenvalue weighted by atomic mass is 10.2. The van der Waals surface area contributed by atoms with Gasteiger partial charge in [0.25, 0.3) is 5.91 Å². The highest BCUT2D eigenvalue weighted by Gasteiger charge is 2.11. The summed E-state index contributed by atoms with van der Waals surface area (Å²) >= 11 is 17.7. The van der Waals surface area contributed by atoms with Crippen LogP contribution < -0.4 is 10.1 Å². The molecule has 1 amide bonds. The molecular formula is C19H12Cl3NO2. The highest BCUT2D eigenvalue weighted by atomic mass is 35.5. The van der Waals surface area contributed by atoms with E-state index in [9.17, 15) is 4.79 Å². The molecule has 1 N–H and O–H groups in total. The Morgan fingerprint density at radius 1 is 0.760 bits per heavy atom. The Kier molecular flexibility index (Phi) is 5.49. The zero-order valence-corrected chi connectivity index (χ0v) is 15.1. The van der Waals surface area contributed by atoms with Crippen molar-refractivity contribution >= 4 is 46.4 Å². The van der Waals surface area contributed by atoms with Gasteiger partial charge in [-0.2, -0.15) is 0 Å². The van der Waals surface area contributed by atoms with Crippen molar-refractivity contribution in [2.24, 2.45) is 0 Å². The quantitative estimate of drug-likeness (QED) is 0.537. The van der Waals surface area contributed by atoms with Crippen LogP contribution in [0, 0.1) is 0 Å². The second-order valence-corrected chi connectivity index (χ2v) is 6.44. The summed E-state index contributed by atoms with van der Waals surface area (Å²) in [4.78, 5) is 12.3. The molecule has 126 valence electrons. The Labute approximate surface area is 160 Å². The number of carbonyl (C=O) groups is 1. The molecule has 3 aromatic rings. The van der Waals surface area contributed by atoms with Crippen molar-refractivity contribution in [3.63, 3.8) is 0 Å². The van der Waals surface area contributed by atoms with Crippen molar-refractivity contribution in [3.05, 3.63) is 87.4 Å². The second-order valence-electron chi connectivity index (χ2n) is 5.16. The van der Waals surface area contributed by atoms with E-state index in [0.29, 0.717) is 37.8 Å². The number of hydrogen-bond donors (Lipinski definition) is 1. The normalized spacial score (nSPS) is 10.4. The number of rotatable bonds is 4. The van der Waals surface area contributed by atoms with Crippen LogP contribution in [0.5, 0.6) is 11.5 Å². The van der Waals surface area contributed by atoms with Gasteiger partial charge in [-0.3, -0.25) is 4.79 Å². The van der Waals surface area contributed by atoms with Gasteiger partial charge >= 0.3 is 0 Å². The lowest BCUT2D eigenvalue weighted by Crippen LogP contribution is -2.12. The number of halogens is 3. The van der Waals surface area contributed by atoms with Crippen molar-refractivity contribution in [2.75, 3.05) is 5.32 Å². The number of benzene rings is 3. The first-order valence-corrected chi connectivity index (χ1v) is 8.44. The van der Waals surface area contributed by atoms with E-state index < -0.39 is 0 Å². The molecular weight excluding hydrogens is 381 g/mol. The van der Waals surface area contributed by atoms with Crippen LogP contribution in [0.3, 0.4) is 0 Å². The molecule has 0 spiro atoms. The molecule has 3 aromatic carbocycles. The summed E-state index contributed by atoms with van der Waals surface area (Å²) in [5.41, 5.74) is 0.979. The standard InChI is InChI=1S/C19H12Cl3NO2/c20-12-1-6-15(7-2-12)25-16-8-4-14(5-9-16)23-19(24)17-10-3-13(21)11-18(17)22/h1-11H,(H,23,24). The lowest BCUT2D eigenvalue weighted by Gasteiger charge is -2.09. The van der Waals surface area contributed by atoms with Gasteiger partial charge in [-0.05, 0) is 66.7 Å². The molecule has 0 aliphatic rings. The van der Waals surface area contributed by atoms with Gasteiger partial charge in [0, 0.05) is 15.7 Å². The highest BCUT2D eigenvalue weighted by molar-refractivity contribution is 6.37. The van der Waals surface area contributed by atoms with Crippen LogP contribution in [-0.2, 0) is 0 Å². The molecule has 0 atom stereocenters. The Balaban J connectivity index is 1.67. The molecule has 3 nitrogen and oxygen atoms in total. The number of anilines is 1. The Morgan fingerprint density at radius 2 is 1.32 bits per heavy atom. The van der Waals surface area contributed by atoms with Gasteiger partial charge in [0.1, 0.15) is 11.5 Å². The molecule has 0 radical (unpaired) electrons. The first-order valence-electron chi connectivity index (χ1n) is 7.31. The summed E-state index contributed by atoms with van der Waals surface area (Å²) in [6.45, 7) is 0. The number of hydrogen-bond acceptors (Lipinski definition) is 2. The van der Waals surface area contributed by atoms with Crippen molar-refractivity contribution in [1.29, 1.82) is 0 Å². The third-order valence-electron chi connectivity index (χ3n) is 3.34. The molecule has 0 saturated heterocycles. The minimum Gasteiger partial charge on any atom is -0.457 e. The van der Waals surface area contributed by atoms with Crippen molar-refractivity contribution in [2.45, 2.75) is 0 Å². The Bertz CT molecular complexity index is 894. The van der Waals surface area contributed by atoms with Gasteiger partial charge in [-0.1, -0.05) is 34.8 Å². The van der Waals surface area contributed by atoms with Crippen molar-refractivity contribution in [1.82, 2.24) is 0 Å². The molecule has 0 fully saturated rings. The van der Waals surface area contributed by atoms with E-state index in [1.165, 1.54) is 6.07 Å². The average molecular weight is 393 g/mol. The zero-order chi connectivity index (χ0) is 17.8. The van der Waals surface area contributed by atoms with Crippen LogP contribution in [0.15, 0.2) is 66.7 Å². The van der Waals surface area contributed by atoms with E-state index in [1.807, 2.05) is 0 Å². The number of amides is 1. The fraction of sp³-hybridized carbons (Fsp3) is 0. The number of carbonyl (C=O) groups excluding carboxylic acids is 1. The van der Waals surface area contributed by atoms with Crippen LogP contribution in [0.2, 0.25) is 15.1 Å². The minimum atomic E-state index is -0.312. The van der Waals surface area contributed by atoms with Crippen LogP contribution in [0.25, 0.3) is 0 Å². The molecule has 0 aliphatic heterocycles. The maximum absolute atomic E-state index is 12.3. The molecule has 0 unspecified atom stereocenters. The highest BCUT2D eigenvalue weighted by Crippen LogP contribution is 2.25. The summed E-state index contributed by atoms with van der Waals surface area (Å²) in [6, 6.07) is 18.8. The Hall–Kier alpha value is -2.20. The van der Waals surface area contributed by atoms with E-state index in [2.05, 4.69) is 5.32 Å². The summed E-state index contributed by atoms with van der Waals surface area (Å²) < 4.78 is 5.70. The van der Waals surface area contributed by atoms with Gasteiger partial charge in [-0.15, -0.1) is 0 Å². The summed E-state index contributed by atoms with van der Waals surface area (Å²) in [5.74, 6) is 1.01. The van der Waals surface area contributed by atoms with Crippen molar-refractivity contribution in [3.8, 4) is 11.5 Å². The smallest absolute Gasteiger partial charge is 0.257 e. The number of nitrogens with one attached hydrogen (secondary N) is 1. The first-order chi connectivity index (χ1) is 12.0. The molecule has 3 rings (SSSR count). The van der Waals surface area contributed by atoms with E-state index >= 15 is 0 Å². The lowest BCUT2D eigenvalue weighted by molar-refractivity contribution is 0.102. The molecule has 0 aliphatic carbocycles. The molecule has 25 heavy (non-hydrogen) atoms. The predicted molar refractivity (Wildman–Crippen MR) is 102 cm³/mol. The molecule has 6 heteroatoms. The van der Waals surface area contributed by atoms with Gasteiger partial charge in [0.15, 0.2) is 0 Å². The second kappa shape index (κ2) is 7.79. The average Bonchev–Trinajstić information content (AvgIpc) is 2.58. The van der Waals surface area contributed by atoms with Gasteiger partial charge in [0.2, 0.25) is 0 Å². The minimum absolute atomic E-state index is 0.299. The van der Waals surface area contributed by atoms with E-state index in [4.69, 9.17) is 39.5 Å². The maximum Gasteiger partial charge on any atom is 0.257 e. The van der Waals surface area contributed by atoms with Crippen molar-refractivity contribution < 1.29 is 9.53 Å². The van der Waals surface area contributed by atoms with Gasteiger partial charge in [0.05, 0.1) is 10.6 Å². The predicted octanol–water partition coefficient (Wildman–Crippen LogP) is 6.69. The number of ether oxygens (including phenoxy) is 1. The van der Waals surface area contributed by atoms with Gasteiger partial charge < -0.3 is 10.1 Å². The largest absolute Gasteiger partial charge is 0.457 e. The topological polar surface area (TPSA) is 38.3 Å². The molecule has 0 saturated carbocycles. The fourth-order valence-corrected chi connectivity index (χ4v) is 2.74. The maximum atomic E-state index is 12.3. The van der Waals surface area contributed by atoms with Crippen LogP contribution in [0.4, 0.5) is 5.69 Å². The third-order valence-corrected chi connectivity index (χ3v) is 4.14. The molecule has 0 bridgehead atoms. The van der Waals surface area contributed by atoms with Crippen LogP contribution >= 0.6 is 34.8 Å². The van der Waals surface area contributed by atoms with Crippen LogP contribution in [0.1, 0.15) is 10.4 Å². The monoisotopic (exact) mass is 391 g/mol. The zero-order valence-electron chi connectivity index (χ0n) is 12.8. The van der Waals surface area contributed by atoms with E-state index in [0.717, 1.165) is 0 Å². The summed E-state index contributed by atoms with van der Waals surface area (Å²) in [5, 5.41) is 4.20. The van der Waals surface area contributed by atoms with Crippen LogP contribution in [-0.4, -0.2) is 5.91 Å². The summed E-state index contributed by atoms with van der Waals surface area (Å²) in [7, 11) is 0. The fourth-order valence-electron chi connectivity index (χ4n) is 2.12. The summed E-state index contributed by atoms with van der Waals surface area (Å²) in [6.07, 6.45) is 0. The van der Waals surface area contributed by atoms with E-state index in [1.54, 1.807) is 60.7 Å². The third kappa shape index (κ3) is 4.67. The first kappa shape index (κ1) is 17.6. The Morgan fingerprint density at radius 3 is 1.92 bits per heavy atom. The van der Waals surface area contributed by atoms with Gasteiger partial charge in [-0.25, -0.2) is 0 Å². The molecule has 0 heterocycles.